The number of nitrogens with one attached hydrogen (secondary N) is 2. The maximum atomic E-state index is 13.6. The Labute approximate surface area is 182 Å². The number of nitrogens with zero attached hydrogens (tertiary/aromatic N) is 3. The van der Waals surface area contributed by atoms with E-state index in [1.54, 1.807) is 20.2 Å². The number of carbonyl (C=O) groups excluding carboxylic acids is 2. The van der Waals surface area contributed by atoms with Crippen LogP contribution in [0.2, 0.25) is 0 Å². The molecule has 1 aliphatic heterocycles. The molecule has 156 valence electrons. The Morgan fingerprint density at radius 3 is 2.64 bits per heavy atom. The van der Waals surface area contributed by atoms with Crippen LogP contribution in [0.15, 0.2) is 23.2 Å². The highest BCUT2D eigenvalue weighted by Gasteiger charge is 2.21. The third-order valence-electron chi connectivity index (χ3n) is 4.20. The van der Waals surface area contributed by atoms with Crippen molar-refractivity contribution in [2.45, 2.75) is 32.9 Å². The predicted octanol–water partition coefficient (Wildman–Crippen LogP) is 1.36. The van der Waals surface area contributed by atoms with Gasteiger partial charge in [-0.05, 0) is 43.5 Å². The van der Waals surface area contributed by atoms with E-state index in [-0.39, 0.29) is 60.7 Å². The molecule has 0 unspecified atom stereocenters. The van der Waals surface area contributed by atoms with E-state index >= 15 is 0 Å². The number of hydrogen-bond acceptors (Lipinski definition) is 3. The number of rotatable bonds is 5. The lowest BCUT2D eigenvalue weighted by Gasteiger charge is -2.32. The van der Waals surface area contributed by atoms with Crippen LogP contribution < -0.4 is 10.6 Å². The normalized spacial score (nSPS) is 13.5. The van der Waals surface area contributed by atoms with Gasteiger partial charge in [0.15, 0.2) is 5.96 Å². The molecule has 2 amide bonds. The molecule has 1 aromatic carbocycles. The predicted molar refractivity (Wildman–Crippen MR) is 118 cm³/mol. The van der Waals surface area contributed by atoms with Crippen LogP contribution >= 0.6 is 24.0 Å². The number of likely N-dealkylation sites (N-methyl/N-ethyl adjacent to an activating group) is 1. The van der Waals surface area contributed by atoms with E-state index in [1.807, 2.05) is 18.7 Å². The summed E-state index contributed by atoms with van der Waals surface area (Å²) in [6.45, 7) is 4.94. The number of aliphatic imine (C=N–C) groups is 1. The van der Waals surface area contributed by atoms with Gasteiger partial charge in [0.05, 0.1) is 6.54 Å². The monoisotopic (exact) mass is 505 g/mol. The van der Waals surface area contributed by atoms with Crippen LogP contribution in [0.4, 0.5) is 4.39 Å². The molecule has 0 bridgehead atoms. The van der Waals surface area contributed by atoms with E-state index in [2.05, 4.69) is 15.6 Å². The van der Waals surface area contributed by atoms with Crippen molar-refractivity contribution in [3.05, 3.63) is 35.1 Å². The number of carbonyl (C=O) groups is 2. The molecule has 0 aromatic heterocycles. The van der Waals surface area contributed by atoms with Crippen molar-refractivity contribution >= 4 is 41.8 Å². The van der Waals surface area contributed by atoms with Crippen LogP contribution in [-0.2, 0) is 22.6 Å². The van der Waals surface area contributed by atoms with E-state index < -0.39 is 0 Å². The average molecular weight is 505 g/mol. The lowest BCUT2D eigenvalue weighted by atomic mass is 10.00. The SMILES string of the molecule is CC(C)NC(=O)CN=C(NCC(=O)N(C)C)N1CCc2ccc(F)cc2C1.I. The van der Waals surface area contributed by atoms with Gasteiger partial charge in [0.1, 0.15) is 12.4 Å². The van der Waals surface area contributed by atoms with Crippen molar-refractivity contribution in [1.29, 1.82) is 0 Å². The second-order valence-corrected chi connectivity index (χ2v) is 7.09. The zero-order chi connectivity index (χ0) is 20.0. The van der Waals surface area contributed by atoms with Crippen LogP contribution in [0.3, 0.4) is 0 Å². The fourth-order valence-corrected chi connectivity index (χ4v) is 2.80. The Morgan fingerprint density at radius 2 is 2.00 bits per heavy atom. The highest BCUT2D eigenvalue weighted by atomic mass is 127. The summed E-state index contributed by atoms with van der Waals surface area (Å²) in [5, 5.41) is 5.83. The van der Waals surface area contributed by atoms with Crippen LogP contribution in [0.25, 0.3) is 0 Å². The number of hydrogen-bond donors (Lipinski definition) is 2. The smallest absolute Gasteiger partial charge is 0.242 e. The van der Waals surface area contributed by atoms with Gasteiger partial charge < -0.3 is 20.4 Å². The molecule has 1 aromatic rings. The van der Waals surface area contributed by atoms with Gasteiger partial charge in [0.25, 0.3) is 0 Å². The maximum absolute atomic E-state index is 13.6. The number of halogens is 2. The van der Waals surface area contributed by atoms with Gasteiger partial charge in [0, 0.05) is 33.2 Å². The molecule has 2 N–H and O–H groups in total. The average Bonchev–Trinajstić information content (AvgIpc) is 2.60. The van der Waals surface area contributed by atoms with Crippen molar-refractivity contribution in [1.82, 2.24) is 20.4 Å². The highest BCUT2D eigenvalue weighted by molar-refractivity contribution is 14.0. The van der Waals surface area contributed by atoms with E-state index in [0.717, 1.165) is 17.5 Å². The molecule has 0 radical (unpaired) electrons. The topological polar surface area (TPSA) is 77.0 Å². The van der Waals surface area contributed by atoms with Crippen molar-refractivity contribution in [3.8, 4) is 0 Å². The standard InChI is InChI=1S/C19H28FN5O2.HI/c1-13(2)23-17(26)10-21-19(22-11-18(27)24(3)4)25-8-7-14-5-6-16(20)9-15(14)12-25;/h5-6,9,13H,7-8,10-12H2,1-4H3,(H,21,22)(H,23,26);1H. The number of guanidine groups is 1. The molecular formula is C19H29FIN5O2. The first-order valence-corrected chi connectivity index (χ1v) is 9.06. The highest BCUT2D eigenvalue weighted by Crippen LogP contribution is 2.20. The molecule has 0 spiro atoms. The first-order valence-electron chi connectivity index (χ1n) is 9.06. The Hall–Kier alpha value is -1.91. The zero-order valence-corrected chi connectivity index (χ0v) is 19.1. The molecule has 2 rings (SSSR count). The summed E-state index contributed by atoms with van der Waals surface area (Å²) in [6, 6.07) is 4.82. The number of fused-ring (bicyclic) bond motifs is 1. The van der Waals surface area contributed by atoms with Crippen molar-refractivity contribution in [2.75, 3.05) is 33.7 Å². The minimum Gasteiger partial charge on any atom is -0.352 e. The largest absolute Gasteiger partial charge is 0.352 e. The van der Waals surface area contributed by atoms with Gasteiger partial charge in [-0.1, -0.05) is 6.07 Å². The van der Waals surface area contributed by atoms with Gasteiger partial charge in [-0.15, -0.1) is 24.0 Å². The van der Waals surface area contributed by atoms with Crippen molar-refractivity contribution in [2.24, 2.45) is 4.99 Å². The molecule has 0 fully saturated rings. The van der Waals surface area contributed by atoms with Crippen LogP contribution in [0.1, 0.15) is 25.0 Å². The summed E-state index contributed by atoms with van der Waals surface area (Å²) in [4.78, 5) is 31.7. The molecule has 0 atom stereocenters. The number of benzene rings is 1. The van der Waals surface area contributed by atoms with E-state index in [0.29, 0.717) is 19.0 Å². The minimum atomic E-state index is -0.277. The minimum absolute atomic E-state index is 0. The second-order valence-electron chi connectivity index (χ2n) is 7.09. The third kappa shape index (κ3) is 7.25. The Balaban J connectivity index is 0.00000392. The Bertz CT molecular complexity index is 724. The Morgan fingerprint density at radius 1 is 1.29 bits per heavy atom. The van der Waals surface area contributed by atoms with E-state index in [9.17, 15) is 14.0 Å². The molecule has 28 heavy (non-hydrogen) atoms. The fraction of sp³-hybridized carbons (Fsp3) is 0.526. The second kappa shape index (κ2) is 11.2. The third-order valence-corrected chi connectivity index (χ3v) is 4.20. The molecule has 0 saturated carbocycles. The summed E-state index contributed by atoms with van der Waals surface area (Å²) in [6.07, 6.45) is 0.746. The zero-order valence-electron chi connectivity index (χ0n) is 16.8. The molecular weight excluding hydrogens is 476 g/mol. The first kappa shape index (κ1) is 24.1. The molecule has 1 heterocycles. The van der Waals surface area contributed by atoms with Crippen molar-refractivity contribution in [3.63, 3.8) is 0 Å². The number of amides is 2. The van der Waals surface area contributed by atoms with Gasteiger partial charge in [-0.25, -0.2) is 9.38 Å². The summed E-state index contributed by atoms with van der Waals surface area (Å²) in [7, 11) is 3.35. The summed E-state index contributed by atoms with van der Waals surface area (Å²) < 4.78 is 13.6. The summed E-state index contributed by atoms with van der Waals surface area (Å²) >= 11 is 0. The molecule has 7 nitrogen and oxygen atoms in total. The van der Waals surface area contributed by atoms with Crippen LogP contribution in [0.5, 0.6) is 0 Å². The van der Waals surface area contributed by atoms with Gasteiger partial charge in [0.2, 0.25) is 11.8 Å². The van der Waals surface area contributed by atoms with Gasteiger partial charge >= 0.3 is 0 Å². The maximum Gasteiger partial charge on any atom is 0.242 e. The molecule has 1 aliphatic rings. The van der Waals surface area contributed by atoms with Crippen LogP contribution in [-0.4, -0.2) is 67.3 Å². The summed E-state index contributed by atoms with van der Waals surface area (Å²) in [5.74, 6) is -0.0929. The molecule has 0 aliphatic carbocycles. The molecule has 9 heteroatoms. The molecule has 0 saturated heterocycles. The van der Waals surface area contributed by atoms with Crippen LogP contribution in [0, 0.1) is 5.82 Å². The lowest BCUT2D eigenvalue weighted by Crippen LogP contribution is -2.47. The van der Waals surface area contributed by atoms with E-state index in [4.69, 9.17) is 0 Å². The lowest BCUT2D eigenvalue weighted by molar-refractivity contribution is -0.127. The fourth-order valence-electron chi connectivity index (χ4n) is 2.80. The van der Waals surface area contributed by atoms with Gasteiger partial charge in [-0.2, -0.15) is 0 Å². The van der Waals surface area contributed by atoms with Gasteiger partial charge in [-0.3, -0.25) is 9.59 Å². The van der Waals surface area contributed by atoms with Crippen molar-refractivity contribution < 1.29 is 14.0 Å². The first-order chi connectivity index (χ1) is 12.8. The summed E-state index contributed by atoms with van der Waals surface area (Å²) in [5.41, 5.74) is 2.00. The van der Waals surface area contributed by atoms with E-state index in [1.165, 1.54) is 17.0 Å². The Kier molecular flexibility index (Phi) is 9.63. The quantitative estimate of drug-likeness (QED) is 0.360.